The van der Waals surface area contributed by atoms with Crippen LogP contribution in [0.4, 0.5) is 0 Å². The molecule has 0 aliphatic heterocycles. The molecule has 0 bridgehead atoms. The quantitative estimate of drug-likeness (QED) is 0.188. The Labute approximate surface area is 295 Å². The Kier molecular flexibility index (Phi) is 7.15. The van der Waals surface area contributed by atoms with E-state index < -0.39 is 0 Å². The lowest BCUT2D eigenvalue weighted by atomic mass is 9.85. The Morgan fingerprint density at radius 2 is 1.18 bits per heavy atom. The van der Waals surface area contributed by atoms with Gasteiger partial charge < -0.3 is 4.57 Å². The summed E-state index contributed by atoms with van der Waals surface area (Å²) in [5, 5.41) is 24.9. The summed E-state index contributed by atoms with van der Waals surface area (Å²) in [6.07, 6.45) is 0. The van der Waals surface area contributed by atoms with E-state index in [4.69, 9.17) is 9.97 Å². The Morgan fingerprint density at radius 3 is 1.74 bits per heavy atom. The molecule has 0 aliphatic rings. The highest BCUT2D eigenvalue weighted by Crippen LogP contribution is 2.43. The second-order valence-electron chi connectivity index (χ2n) is 15.0. The molecule has 0 aliphatic carbocycles. The number of hydrogen-bond acceptors (Lipinski definition) is 5. The van der Waals surface area contributed by atoms with E-state index in [0.717, 1.165) is 53.4 Å². The van der Waals surface area contributed by atoms with Crippen LogP contribution >= 0.6 is 11.3 Å². The third kappa shape index (κ3) is 5.04. The number of nitriles is 2. The monoisotopic (exact) mass is 665 g/mol. The first-order valence-electron chi connectivity index (χ1n) is 16.8. The van der Waals surface area contributed by atoms with Gasteiger partial charge in [0, 0.05) is 37.7 Å². The molecule has 0 saturated carbocycles. The number of thiophene rings is 1. The Bertz CT molecular complexity index is 2630. The zero-order valence-electron chi connectivity index (χ0n) is 29.0. The highest BCUT2D eigenvalue weighted by molar-refractivity contribution is 7.26. The summed E-state index contributed by atoms with van der Waals surface area (Å²) < 4.78 is 4.12. The van der Waals surface area contributed by atoms with Crippen LogP contribution in [0.1, 0.15) is 63.8 Å². The molecule has 0 unspecified atom stereocenters. The average Bonchev–Trinajstić information content (AvgIpc) is 3.65. The van der Waals surface area contributed by atoms with Crippen LogP contribution in [-0.2, 0) is 10.8 Å². The van der Waals surface area contributed by atoms with Crippen LogP contribution in [0, 0.1) is 22.7 Å². The summed E-state index contributed by atoms with van der Waals surface area (Å²) in [6, 6.07) is 40.1. The largest absolute Gasteiger partial charge is 0.309 e. The Balaban J connectivity index is 1.43. The van der Waals surface area contributed by atoms with Gasteiger partial charge in [0.25, 0.3) is 0 Å². The second-order valence-corrected chi connectivity index (χ2v) is 16.0. The molecule has 0 radical (unpaired) electrons. The normalized spacial score (nSPS) is 12.2. The fraction of sp³-hybridized carbons (Fsp3) is 0.182. The smallest absolute Gasteiger partial charge is 0.160 e. The maximum atomic E-state index is 10.8. The first-order chi connectivity index (χ1) is 24.0. The van der Waals surface area contributed by atoms with Crippen molar-refractivity contribution in [1.82, 2.24) is 14.5 Å². The van der Waals surface area contributed by atoms with Crippen LogP contribution in [0.5, 0.6) is 0 Å². The minimum atomic E-state index is -0.0259. The van der Waals surface area contributed by atoms with E-state index in [1.54, 1.807) is 11.3 Å². The zero-order valence-corrected chi connectivity index (χ0v) is 29.8. The molecule has 0 amide bonds. The van der Waals surface area contributed by atoms with Crippen molar-refractivity contribution in [2.24, 2.45) is 0 Å². The van der Waals surface area contributed by atoms with Crippen LogP contribution in [0.3, 0.4) is 0 Å². The van der Waals surface area contributed by atoms with Crippen molar-refractivity contribution in [3.05, 3.63) is 125 Å². The maximum Gasteiger partial charge on any atom is 0.160 e. The van der Waals surface area contributed by atoms with E-state index in [-0.39, 0.29) is 10.8 Å². The zero-order chi connectivity index (χ0) is 34.9. The Morgan fingerprint density at radius 1 is 0.620 bits per heavy atom. The first kappa shape index (κ1) is 31.4. The molecular weight excluding hydrogens is 631 g/mol. The van der Waals surface area contributed by atoms with Gasteiger partial charge in [-0.1, -0.05) is 102 Å². The van der Waals surface area contributed by atoms with E-state index in [2.05, 4.69) is 107 Å². The molecular formula is C44H35N5S. The molecule has 50 heavy (non-hydrogen) atoms. The van der Waals surface area contributed by atoms with Crippen LogP contribution < -0.4 is 0 Å². The number of rotatable bonds is 3. The van der Waals surface area contributed by atoms with Crippen LogP contribution in [0.15, 0.2) is 103 Å². The molecule has 8 rings (SSSR count). The van der Waals surface area contributed by atoms with E-state index >= 15 is 0 Å². The van der Waals surface area contributed by atoms with E-state index in [1.807, 2.05) is 54.6 Å². The van der Waals surface area contributed by atoms with Gasteiger partial charge in [-0.15, -0.1) is 11.3 Å². The molecule has 6 heteroatoms. The van der Waals surface area contributed by atoms with Gasteiger partial charge in [0.1, 0.15) is 0 Å². The number of fused-ring (bicyclic) bond motifs is 6. The molecule has 0 fully saturated rings. The average molecular weight is 666 g/mol. The number of hydrogen-bond donors (Lipinski definition) is 0. The minimum absolute atomic E-state index is 0.0259. The summed E-state index contributed by atoms with van der Waals surface area (Å²) in [6.45, 7) is 13.4. The van der Waals surface area contributed by atoms with Crippen molar-refractivity contribution < 1.29 is 0 Å². The summed E-state index contributed by atoms with van der Waals surface area (Å²) in [4.78, 5) is 10.1. The molecule has 0 spiro atoms. The van der Waals surface area contributed by atoms with Gasteiger partial charge in [0.2, 0.25) is 0 Å². The van der Waals surface area contributed by atoms with Crippen LogP contribution in [0.25, 0.3) is 70.4 Å². The van der Waals surface area contributed by atoms with Gasteiger partial charge in [0.15, 0.2) is 5.82 Å². The fourth-order valence-corrected chi connectivity index (χ4v) is 8.04. The van der Waals surface area contributed by atoms with E-state index in [1.165, 1.54) is 11.1 Å². The highest BCUT2D eigenvalue weighted by atomic mass is 32.1. The second kappa shape index (κ2) is 11.4. The predicted molar refractivity (Wildman–Crippen MR) is 207 cm³/mol. The number of nitrogens with zero attached hydrogens (tertiary/aromatic N) is 5. The summed E-state index contributed by atoms with van der Waals surface area (Å²) in [7, 11) is 0. The van der Waals surface area contributed by atoms with E-state index in [9.17, 15) is 10.5 Å². The van der Waals surface area contributed by atoms with Crippen LogP contribution in [-0.4, -0.2) is 14.5 Å². The van der Waals surface area contributed by atoms with Gasteiger partial charge in [-0.3, -0.25) is 0 Å². The van der Waals surface area contributed by atoms with E-state index in [0.29, 0.717) is 28.2 Å². The summed E-state index contributed by atoms with van der Waals surface area (Å²) in [5.74, 6) is 0.556. The van der Waals surface area contributed by atoms with Gasteiger partial charge in [-0.05, 0) is 64.4 Å². The van der Waals surface area contributed by atoms with Crippen molar-refractivity contribution in [1.29, 1.82) is 10.5 Å². The molecule has 0 atom stereocenters. The van der Waals surface area contributed by atoms with Crippen molar-refractivity contribution in [2.45, 2.75) is 52.4 Å². The minimum Gasteiger partial charge on any atom is -0.309 e. The molecule has 3 aromatic heterocycles. The molecule has 5 nitrogen and oxygen atoms in total. The fourth-order valence-electron chi connectivity index (χ4n) is 6.90. The lowest BCUT2D eigenvalue weighted by Gasteiger charge is -2.19. The molecule has 5 aromatic carbocycles. The van der Waals surface area contributed by atoms with Crippen molar-refractivity contribution >= 4 is 53.4 Å². The third-order valence-electron chi connectivity index (χ3n) is 9.61. The van der Waals surface area contributed by atoms with Gasteiger partial charge in [0.05, 0.1) is 50.2 Å². The number of aromatic nitrogens is 3. The molecule has 8 aromatic rings. The maximum absolute atomic E-state index is 10.8. The molecule has 0 N–H and O–H groups in total. The van der Waals surface area contributed by atoms with Gasteiger partial charge in [-0.2, -0.15) is 10.5 Å². The SMILES string of the molecule is CC(C)(C)c1ccc2c(c1)c1cc(C(C)(C)C)ccc1n2-c1cc(C#N)c(-c2nc(-c3ccccc3)nc3c2sc2ccccc23)c(C#N)c1. The topological polar surface area (TPSA) is 78.3 Å². The molecule has 0 saturated heterocycles. The van der Waals surface area contributed by atoms with Crippen molar-refractivity contribution in [2.75, 3.05) is 0 Å². The van der Waals surface area contributed by atoms with Crippen molar-refractivity contribution in [3.63, 3.8) is 0 Å². The standard InChI is InChI=1S/C44H35N5S/c1-43(2,3)29-16-18-35-33(22-29)34-23-30(44(4,5)6)17-19-36(34)49(35)31-20-27(24-45)38(28(21-31)25-46)40-41-39(32-14-10-11-15-37(32)50-41)47-42(48-40)26-12-8-7-9-13-26/h7-23H,1-6H3. The molecule has 242 valence electrons. The molecule has 3 heterocycles. The predicted octanol–water partition coefficient (Wildman–Crippen LogP) is 11.6. The van der Waals surface area contributed by atoms with Gasteiger partial charge >= 0.3 is 0 Å². The highest BCUT2D eigenvalue weighted by Gasteiger charge is 2.25. The van der Waals surface area contributed by atoms with Crippen molar-refractivity contribution in [3.8, 4) is 40.5 Å². The summed E-state index contributed by atoms with van der Waals surface area (Å²) in [5.41, 5.74) is 8.87. The Hall–Kier alpha value is -5.82. The third-order valence-corrected chi connectivity index (χ3v) is 10.8. The van der Waals surface area contributed by atoms with Gasteiger partial charge in [-0.25, -0.2) is 9.97 Å². The number of benzene rings is 5. The van der Waals surface area contributed by atoms with Crippen LogP contribution in [0.2, 0.25) is 0 Å². The lowest BCUT2D eigenvalue weighted by Crippen LogP contribution is -2.10. The lowest BCUT2D eigenvalue weighted by molar-refractivity contribution is 0.590. The summed E-state index contributed by atoms with van der Waals surface area (Å²) >= 11 is 1.59. The first-order valence-corrected chi connectivity index (χ1v) is 17.6.